The largest absolute Gasteiger partial charge is 1.00 e. The van der Waals surface area contributed by atoms with Crippen LogP contribution in [0.5, 0.6) is 0 Å². The van der Waals surface area contributed by atoms with E-state index in [1.54, 1.807) is 12.2 Å². The van der Waals surface area contributed by atoms with Gasteiger partial charge in [-0.15, -0.1) is 0 Å². The predicted octanol–water partition coefficient (Wildman–Crippen LogP) is 1.96. The van der Waals surface area contributed by atoms with Crippen molar-refractivity contribution >= 4 is 11.9 Å². The molecule has 0 rings (SSSR count). The monoisotopic (exact) mass is 636 g/mol. The second-order valence-corrected chi connectivity index (χ2v) is 10.3. The summed E-state index contributed by atoms with van der Waals surface area (Å²) in [6.45, 7) is 15.1. The van der Waals surface area contributed by atoms with Gasteiger partial charge in [-0.1, -0.05) is 167 Å². The molecule has 0 atom stereocenters. The number of carboxylic acids is 2. The van der Waals surface area contributed by atoms with E-state index in [1.165, 1.54) is 26.0 Å². The van der Waals surface area contributed by atoms with E-state index in [0.717, 1.165) is 33.4 Å². The number of aliphatic carboxylic acids is 2. The predicted molar refractivity (Wildman–Crippen MR) is 184 cm³/mol. The number of carbonyl (C=O) groups is 2. The van der Waals surface area contributed by atoms with Gasteiger partial charge in [0.1, 0.15) is 0 Å². The summed E-state index contributed by atoms with van der Waals surface area (Å²) < 4.78 is 0. The van der Waals surface area contributed by atoms with Crippen molar-refractivity contribution in [3.05, 3.63) is 178 Å². The third-order valence-corrected chi connectivity index (χ3v) is 5.76. The van der Waals surface area contributed by atoms with Crippen LogP contribution < -0.4 is 69.3 Å². The van der Waals surface area contributed by atoms with Gasteiger partial charge in [0, 0.05) is 0 Å². The van der Waals surface area contributed by atoms with Gasteiger partial charge in [0.05, 0.1) is 11.9 Å². The van der Waals surface area contributed by atoms with Crippen LogP contribution in [0.25, 0.3) is 0 Å². The summed E-state index contributed by atoms with van der Waals surface area (Å²) >= 11 is 0. The average molecular weight is 637 g/mol. The van der Waals surface area contributed by atoms with Crippen molar-refractivity contribution in [2.75, 3.05) is 0 Å². The minimum absolute atomic E-state index is 0. The van der Waals surface area contributed by atoms with E-state index in [9.17, 15) is 19.8 Å². The summed E-state index contributed by atoms with van der Waals surface area (Å²) in [7, 11) is 0. The maximum absolute atomic E-state index is 10.7. The Morgan fingerprint density at radius 2 is 0.500 bits per heavy atom. The van der Waals surface area contributed by atoms with Crippen LogP contribution >= 0.6 is 0 Å². The topological polar surface area (TPSA) is 80.3 Å². The minimum atomic E-state index is -1.16. The fourth-order valence-electron chi connectivity index (χ4n) is 2.98. The molecule has 0 aliphatic carbocycles. The molecule has 0 fully saturated rings. The standard InChI is InChI=1S/C40H48O4.2Na/c1-31(19-11-21-33(3)23-13-25-35(5)27-15-29-37(7)39(41)42)17-9-10-18-32(2)20-12-22-34(4)24-14-26-36(6)28-16-30-38(8)40(43)44;;/h9-30H,1-8H3,(H,41,42)(H,43,44);;/q;2*+1/p-2/b10-9+,19-11+,20-12+,23-13+,24-14+,27-15+,28-16+,31-17+,32-18+,33-21+,34-22+,35-25+,36-26+,37-29+,38-30+;;. The van der Waals surface area contributed by atoms with E-state index < -0.39 is 11.9 Å². The Labute approximate surface area is 321 Å². The molecule has 0 unspecified atom stereocenters. The minimum Gasteiger partial charge on any atom is -0.545 e. The normalized spacial score (nSPS) is 15.4. The Morgan fingerprint density at radius 1 is 0.326 bits per heavy atom. The Morgan fingerprint density at radius 3 is 0.696 bits per heavy atom. The van der Waals surface area contributed by atoms with Crippen LogP contribution in [0.3, 0.4) is 0 Å². The quantitative estimate of drug-likeness (QED) is 0.148. The molecule has 4 nitrogen and oxygen atoms in total. The summed E-state index contributed by atoms with van der Waals surface area (Å²) in [6.07, 6.45) is 42.3. The molecular weight excluding hydrogens is 590 g/mol. The van der Waals surface area contributed by atoms with E-state index in [4.69, 9.17) is 0 Å². The van der Waals surface area contributed by atoms with Crippen LogP contribution in [0, 0.1) is 0 Å². The molecule has 0 aliphatic rings. The van der Waals surface area contributed by atoms with Gasteiger partial charge in [-0.05, 0) is 66.5 Å². The van der Waals surface area contributed by atoms with Gasteiger partial charge < -0.3 is 19.8 Å². The number of allylic oxidation sites excluding steroid dienone is 28. The molecule has 46 heavy (non-hydrogen) atoms. The van der Waals surface area contributed by atoms with E-state index in [0.29, 0.717) is 0 Å². The Hall–Kier alpha value is -2.96. The van der Waals surface area contributed by atoms with Crippen LogP contribution in [-0.4, -0.2) is 11.9 Å². The first-order valence-electron chi connectivity index (χ1n) is 14.4. The van der Waals surface area contributed by atoms with Crippen LogP contribution in [0.15, 0.2) is 178 Å². The zero-order valence-electron chi connectivity index (χ0n) is 29.3. The van der Waals surface area contributed by atoms with Crippen LogP contribution in [0.1, 0.15) is 55.4 Å². The van der Waals surface area contributed by atoms with Gasteiger partial charge in [0.25, 0.3) is 0 Å². The molecule has 0 saturated carbocycles. The van der Waals surface area contributed by atoms with Gasteiger partial charge in [0.2, 0.25) is 0 Å². The average Bonchev–Trinajstić information content (AvgIpc) is 2.95. The molecule has 0 aromatic carbocycles. The molecule has 0 bridgehead atoms. The fraction of sp³-hybridized carbons (Fsp3) is 0.200. The molecule has 0 heterocycles. The van der Waals surface area contributed by atoms with Crippen molar-refractivity contribution in [3.8, 4) is 0 Å². The Balaban J connectivity index is -0.00000924. The molecule has 0 N–H and O–H groups in total. The number of hydrogen-bond donors (Lipinski definition) is 0. The van der Waals surface area contributed by atoms with Gasteiger partial charge in [-0.25, -0.2) is 0 Å². The van der Waals surface area contributed by atoms with Gasteiger partial charge >= 0.3 is 59.1 Å². The molecule has 0 aromatic rings. The van der Waals surface area contributed by atoms with Crippen molar-refractivity contribution in [2.45, 2.75) is 55.4 Å². The van der Waals surface area contributed by atoms with Crippen molar-refractivity contribution in [2.24, 2.45) is 0 Å². The zero-order valence-corrected chi connectivity index (χ0v) is 33.3. The van der Waals surface area contributed by atoms with E-state index in [2.05, 4.69) is 38.2 Å². The summed E-state index contributed by atoms with van der Waals surface area (Å²) in [5.41, 5.74) is 6.86. The molecule has 0 aliphatic heterocycles. The third-order valence-electron chi connectivity index (χ3n) is 5.76. The van der Waals surface area contributed by atoms with Crippen LogP contribution in [0.2, 0.25) is 0 Å². The second kappa shape index (κ2) is 29.4. The SMILES string of the molecule is CC(/C=C/C=C(C)/C=C/C=C(C)/C=C/C=C(\C)C(=O)[O-])=C\C=C\C=C(C)\C=C\C=C(C)\C=C\C=C(C)\C=C\C=C(/C)C(=O)[O-].[Na+].[Na+]. The Kier molecular flexibility index (Phi) is 30.4. The van der Waals surface area contributed by atoms with Gasteiger partial charge in [0.15, 0.2) is 0 Å². The van der Waals surface area contributed by atoms with Crippen molar-refractivity contribution in [1.29, 1.82) is 0 Å². The number of carboxylic acid groups (broad SMARTS) is 2. The van der Waals surface area contributed by atoms with Crippen LogP contribution in [0.4, 0.5) is 0 Å². The van der Waals surface area contributed by atoms with Gasteiger partial charge in [-0.2, -0.15) is 0 Å². The molecule has 0 aromatic heterocycles. The first-order chi connectivity index (χ1) is 20.8. The Bertz CT molecular complexity index is 1350. The molecule has 0 radical (unpaired) electrons. The number of hydrogen-bond acceptors (Lipinski definition) is 4. The first kappa shape index (κ1) is 47.4. The zero-order chi connectivity index (χ0) is 33.3. The van der Waals surface area contributed by atoms with Gasteiger partial charge in [-0.3, -0.25) is 0 Å². The molecule has 0 saturated heterocycles. The van der Waals surface area contributed by atoms with Crippen molar-refractivity contribution in [3.63, 3.8) is 0 Å². The van der Waals surface area contributed by atoms with E-state index in [1.807, 2.05) is 113 Å². The molecule has 0 spiro atoms. The molecular formula is C40H46Na2O4. The number of rotatable bonds is 16. The second-order valence-electron chi connectivity index (χ2n) is 10.3. The summed E-state index contributed by atoms with van der Waals surface area (Å²) in [6, 6.07) is 0. The van der Waals surface area contributed by atoms with Crippen molar-refractivity contribution < 1.29 is 78.9 Å². The summed E-state index contributed by atoms with van der Waals surface area (Å²) in [5.74, 6) is -2.33. The first-order valence-corrected chi connectivity index (χ1v) is 14.4. The molecule has 0 amide bonds. The molecule has 232 valence electrons. The maximum Gasteiger partial charge on any atom is 1.00 e. The van der Waals surface area contributed by atoms with Crippen molar-refractivity contribution in [1.82, 2.24) is 0 Å². The maximum atomic E-state index is 10.7. The fourth-order valence-corrected chi connectivity index (χ4v) is 2.98. The summed E-state index contributed by atoms with van der Waals surface area (Å²) in [4.78, 5) is 21.4. The van der Waals surface area contributed by atoms with Crippen LogP contribution in [-0.2, 0) is 9.59 Å². The van der Waals surface area contributed by atoms with E-state index in [-0.39, 0.29) is 70.3 Å². The third kappa shape index (κ3) is 28.5. The summed E-state index contributed by atoms with van der Waals surface area (Å²) in [5, 5.41) is 21.4. The molecule has 6 heteroatoms. The van der Waals surface area contributed by atoms with E-state index >= 15 is 0 Å². The number of carbonyl (C=O) groups excluding carboxylic acids is 2. The smallest absolute Gasteiger partial charge is 0.545 e.